The number of benzene rings is 1. The Morgan fingerprint density at radius 1 is 1.31 bits per heavy atom. The number of carbonyl (C=O) groups is 3. The molecule has 2 aromatic rings. The van der Waals surface area contributed by atoms with Crippen LogP contribution in [0.3, 0.4) is 0 Å². The molecule has 2 amide bonds. The Labute approximate surface area is 202 Å². The summed E-state index contributed by atoms with van der Waals surface area (Å²) in [6, 6.07) is 5.77. The molecule has 11 nitrogen and oxygen atoms in total. The monoisotopic (exact) mass is 485 g/mol. The van der Waals surface area contributed by atoms with Crippen molar-refractivity contribution >= 4 is 28.8 Å². The molecule has 35 heavy (non-hydrogen) atoms. The molecule has 3 saturated heterocycles. The maximum atomic E-state index is 13.8. The standard InChI is InChI=1S/C24H31N5O6/c1-4-23-10-11-24(35-23)17(18(23)22(33)34-5-2)21(32)29(14(3)12-30)19(24)20(31)25-13-28-16-9-7-6-8-15(16)26-27-28/h6-9,14,17-19,30H,4-5,10-13H2,1-3H3,(H,25,31)/t14-,17+,18+,19?,23-,24?/m1/s1. The van der Waals surface area contributed by atoms with Crippen LogP contribution in [-0.2, 0) is 30.5 Å². The van der Waals surface area contributed by atoms with E-state index in [0.717, 1.165) is 5.52 Å². The first kappa shape index (κ1) is 23.7. The maximum absolute atomic E-state index is 13.8. The Morgan fingerprint density at radius 3 is 2.80 bits per heavy atom. The SMILES string of the molecule is CCOC(=O)[C@@H]1[C@H]2C(=O)N([C@H](C)CO)C(C(=O)NCn3nnc4ccccc43)C23CC[C@@]1(CC)O3. The topological polar surface area (TPSA) is 136 Å². The van der Waals surface area contributed by atoms with Crippen molar-refractivity contribution in [3.63, 3.8) is 0 Å². The molecule has 6 atom stereocenters. The summed E-state index contributed by atoms with van der Waals surface area (Å²) in [5.41, 5.74) is -0.547. The third-order valence-corrected chi connectivity index (χ3v) is 7.97. The van der Waals surface area contributed by atoms with Crippen LogP contribution < -0.4 is 5.32 Å². The Kier molecular flexibility index (Phi) is 5.79. The van der Waals surface area contributed by atoms with Gasteiger partial charge in [0.1, 0.15) is 29.7 Å². The van der Waals surface area contributed by atoms with E-state index in [1.54, 1.807) is 18.5 Å². The molecule has 4 heterocycles. The van der Waals surface area contributed by atoms with Crippen molar-refractivity contribution < 1.29 is 29.0 Å². The molecular weight excluding hydrogens is 454 g/mol. The number of nitrogens with zero attached hydrogens (tertiary/aromatic N) is 4. The highest BCUT2D eigenvalue weighted by atomic mass is 16.6. The highest BCUT2D eigenvalue weighted by Crippen LogP contribution is 2.64. The lowest BCUT2D eigenvalue weighted by atomic mass is 9.65. The van der Waals surface area contributed by atoms with Gasteiger partial charge < -0.3 is 24.8 Å². The van der Waals surface area contributed by atoms with Crippen LogP contribution in [0.5, 0.6) is 0 Å². The fraction of sp³-hybridized carbons (Fsp3) is 0.625. The zero-order valence-electron chi connectivity index (χ0n) is 20.1. The second-order valence-electron chi connectivity index (χ2n) is 9.64. The number of para-hydroxylation sites is 1. The van der Waals surface area contributed by atoms with Crippen molar-refractivity contribution in [2.75, 3.05) is 13.2 Å². The van der Waals surface area contributed by atoms with Gasteiger partial charge in [-0.25, -0.2) is 4.68 Å². The number of hydrogen-bond donors (Lipinski definition) is 2. The van der Waals surface area contributed by atoms with Crippen LogP contribution in [0.4, 0.5) is 0 Å². The molecule has 3 aliphatic rings. The number of nitrogens with one attached hydrogen (secondary N) is 1. The predicted octanol–water partition coefficient (Wildman–Crippen LogP) is 0.604. The molecule has 11 heteroatoms. The Balaban J connectivity index is 1.49. The Hall–Kier alpha value is -3.05. The zero-order chi connectivity index (χ0) is 25.0. The highest BCUT2D eigenvalue weighted by molar-refractivity contribution is 5.98. The van der Waals surface area contributed by atoms with Gasteiger partial charge >= 0.3 is 5.97 Å². The van der Waals surface area contributed by atoms with Gasteiger partial charge in [0.2, 0.25) is 11.8 Å². The third kappa shape index (κ3) is 3.28. The van der Waals surface area contributed by atoms with E-state index >= 15 is 0 Å². The van der Waals surface area contributed by atoms with Gasteiger partial charge in [-0.1, -0.05) is 24.3 Å². The quantitative estimate of drug-likeness (QED) is 0.519. The number of fused-ring (bicyclic) bond motifs is 2. The van der Waals surface area contributed by atoms with E-state index < -0.39 is 47.0 Å². The zero-order valence-corrected chi connectivity index (χ0v) is 20.1. The lowest BCUT2D eigenvalue weighted by molar-refractivity contribution is -0.161. The van der Waals surface area contributed by atoms with Gasteiger partial charge in [0, 0.05) is 0 Å². The van der Waals surface area contributed by atoms with Crippen molar-refractivity contribution in [3.05, 3.63) is 24.3 Å². The van der Waals surface area contributed by atoms with Gasteiger partial charge in [-0.15, -0.1) is 5.10 Å². The van der Waals surface area contributed by atoms with Gasteiger partial charge in [-0.2, -0.15) is 0 Å². The summed E-state index contributed by atoms with van der Waals surface area (Å²) in [6.45, 7) is 5.25. The van der Waals surface area contributed by atoms with Crippen LogP contribution in [0.2, 0.25) is 0 Å². The number of carbonyl (C=O) groups excluding carboxylic acids is 3. The number of rotatable bonds is 8. The number of hydrogen-bond acceptors (Lipinski definition) is 8. The van der Waals surface area contributed by atoms with Gasteiger partial charge in [-0.05, 0) is 45.2 Å². The van der Waals surface area contributed by atoms with E-state index in [1.165, 1.54) is 4.90 Å². The maximum Gasteiger partial charge on any atom is 0.312 e. The molecule has 1 aromatic heterocycles. The van der Waals surface area contributed by atoms with Crippen molar-refractivity contribution in [2.45, 2.75) is 70.0 Å². The molecule has 2 N–H and O–H groups in total. The van der Waals surface area contributed by atoms with Crippen molar-refractivity contribution in [2.24, 2.45) is 11.8 Å². The second-order valence-corrected chi connectivity index (χ2v) is 9.64. The minimum absolute atomic E-state index is 0.0480. The molecule has 3 aliphatic heterocycles. The molecular formula is C24H31N5O6. The summed E-state index contributed by atoms with van der Waals surface area (Å²) in [5.74, 6) is -2.88. The summed E-state index contributed by atoms with van der Waals surface area (Å²) < 4.78 is 13.5. The number of aliphatic hydroxyl groups is 1. The van der Waals surface area contributed by atoms with E-state index in [9.17, 15) is 19.5 Å². The first-order valence-corrected chi connectivity index (χ1v) is 12.2. The molecule has 5 rings (SSSR count). The molecule has 2 bridgehead atoms. The lowest BCUT2D eigenvalue weighted by Crippen LogP contribution is -2.57. The molecule has 0 saturated carbocycles. The molecule has 1 spiro atoms. The van der Waals surface area contributed by atoms with Gasteiger partial charge in [0.25, 0.3) is 0 Å². The molecule has 1 aromatic carbocycles. The van der Waals surface area contributed by atoms with Gasteiger partial charge in [0.15, 0.2) is 0 Å². The fourth-order valence-corrected chi connectivity index (χ4v) is 6.39. The van der Waals surface area contributed by atoms with E-state index in [1.807, 2.05) is 31.2 Å². The van der Waals surface area contributed by atoms with Crippen LogP contribution in [0.25, 0.3) is 11.0 Å². The lowest BCUT2D eigenvalue weighted by Gasteiger charge is -2.36. The largest absolute Gasteiger partial charge is 0.466 e. The first-order chi connectivity index (χ1) is 16.8. The van der Waals surface area contributed by atoms with Crippen LogP contribution >= 0.6 is 0 Å². The first-order valence-electron chi connectivity index (χ1n) is 12.2. The summed E-state index contributed by atoms with van der Waals surface area (Å²) in [6.07, 6.45) is 1.54. The number of amides is 2. The number of likely N-dealkylation sites (tertiary alicyclic amines) is 1. The minimum Gasteiger partial charge on any atom is -0.466 e. The fourth-order valence-electron chi connectivity index (χ4n) is 6.39. The second kappa shape index (κ2) is 8.56. The van der Waals surface area contributed by atoms with Crippen LogP contribution in [0.1, 0.15) is 40.0 Å². The number of aliphatic hydroxyl groups excluding tert-OH is 1. The molecule has 0 aliphatic carbocycles. The van der Waals surface area contributed by atoms with Crippen LogP contribution in [-0.4, -0.2) is 79.3 Å². The summed E-state index contributed by atoms with van der Waals surface area (Å²) in [7, 11) is 0. The number of esters is 1. The number of ether oxygens (including phenoxy) is 2. The summed E-state index contributed by atoms with van der Waals surface area (Å²) in [4.78, 5) is 42.0. The van der Waals surface area contributed by atoms with Crippen LogP contribution in [0, 0.1) is 11.8 Å². The van der Waals surface area contributed by atoms with Crippen molar-refractivity contribution in [1.82, 2.24) is 25.2 Å². The smallest absolute Gasteiger partial charge is 0.312 e. The molecule has 0 radical (unpaired) electrons. The normalized spacial score (nSPS) is 32.2. The minimum atomic E-state index is -1.16. The van der Waals surface area contributed by atoms with Gasteiger partial charge in [0.05, 0.1) is 36.3 Å². The van der Waals surface area contributed by atoms with Gasteiger partial charge in [-0.3, -0.25) is 14.4 Å². The summed E-state index contributed by atoms with van der Waals surface area (Å²) >= 11 is 0. The van der Waals surface area contributed by atoms with Crippen LogP contribution in [0.15, 0.2) is 24.3 Å². The van der Waals surface area contributed by atoms with E-state index in [0.29, 0.717) is 24.8 Å². The molecule has 188 valence electrons. The van der Waals surface area contributed by atoms with E-state index in [4.69, 9.17) is 9.47 Å². The molecule has 2 unspecified atom stereocenters. The van der Waals surface area contributed by atoms with E-state index in [-0.39, 0.29) is 25.8 Å². The van der Waals surface area contributed by atoms with Crippen molar-refractivity contribution in [3.8, 4) is 0 Å². The highest BCUT2D eigenvalue weighted by Gasteiger charge is 2.79. The predicted molar refractivity (Wildman–Crippen MR) is 123 cm³/mol. The summed E-state index contributed by atoms with van der Waals surface area (Å²) in [5, 5.41) is 21.0. The Morgan fingerprint density at radius 2 is 2.09 bits per heavy atom. The molecule has 3 fully saturated rings. The van der Waals surface area contributed by atoms with E-state index in [2.05, 4.69) is 15.6 Å². The number of aromatic nitrogens is 3. The van der Waals surface area contributed by atoms with Crippen molar-refractivity contribution in [1.29, 1.82) is 0 Å². The average molecular weight is 486 g/mol. The Bertz CT molecular complexity index is 1170. The third-order valence-electron chi connectivity index (χ3n) is 7.97. The average Bonchev–Trinajstić information content (AvgIpc) is 3.59.